The number of fused-ring (bicyclic) bond motifs is 3. The zero-order chi connectivity index (χ0) is 45.3. The van der Waals surface area contributed by atoms with Gasteiger partial charge in [-0.05, 0) is 96.0 Å². The number of hydrogen-bond donors (Lipinski definition) is 2. The smallest absolute Gasteiger partial charge is 0.273 e. The van der Waals surface area contributed by atoms with Crippen molar-refractivity contribution in [1.82, 2.24) is 4.90 Å². The summed E-state index contributed by atoms with van der Waals surface area (Å²) in [7, 11) is 1.56. The van der Waals surface area contributed by atoms with Gasteiger partial charge in [0, 0.05) is 50.1 Å². The molecule has 0 saturated heterocycles. The van der Waals surface area contributed by atoms with Gasteiger partial charge in [0.05, 0.1) is 29.2 Å². The van der Waals surface area contributed by atoms with Crippen molar-refractivity contribution in [3.63, 3.8) is 0 Å². The number of hydrogen-bond acceptors (Lipinski definition) is 10. The molecule has 0 radical (unpaired) electrons. The Labute approximate surface area is 382 Å². The van der Waals surface area contributed by atoms with Crippen LogP contribution in [0.1, 0.15) is 101 Å². The molecule has 4 aromatic rings. The Hall–Kier alpha value is -5.56. The molecule has 3 aliphatic carbocycles. The molecule has 2 N–H and O–H groups in total. The molecule has 1 amide bonds. The van der Waals surface area contributed by atoms with E-state index in [1.165, 1.54) is 25.0 Å². The monoisotopic (exact) mass is 885 g/mol. The van der Waals surface area contributed by atoms with E-state index in [1.54, 1.807) is 25.3 Å². The van der Waals surface area contributed by atoms with E-state index in [9.17, 15) is 20.3 Å². The highest BCUT2D eigenvalue weighted by Gasteiger charge is 2.65. The van der Waals surface area contributed by atoms with Gasteiger partial charge in [-0.3, -0.25) is 14.9 Å². The summed E-state index contributed by atoms with van der Waals surface area (Å²) in [5, 5.41) is 38.6. The van der Waals surface area contributed by atoms with Crippen LogP contribution in [0.5, 0.6) is 17.2 Å². The minimum absolute atomic E-state index is 0.0172. The minimum Gasteiger partial charge on any atom is -0.459 e. The lowest BCUT2D eigenvalue weighted by molar-refractivity contribution is -0.384. The maximum atomic E-state index is 15.3. The number of allylic oxidation sites excluding steroid dienone is 1. The summed E-state index contributed by atoms with van der Waals surface area (Å²) < 4.78 is 21.1. The third-order valence-corrected chi connectivity index (χ3v) is 14.3. The maximum absolute atomic E-state index is 15.3. The Morgan fingerprint density at radius 1 is 0.954 bits per heavy atom. The van der Waals surface area contributed by atoms with Crippen LogP contribution in [0.2, 0.25) is 0 Å². The molecule has 0 bridgehead atoms. The van der Waals surface area contributed by atoms with Crippen LogP contribution in [0.15, 0.2) is 114 Å². The Morgan fingerprint density at radius 3 is 2.48 bits per heavy atom. The zero-order valence-electron chi connectivity index (χ0n) is 37.5. The third-order valence-electron chi connectivity index (χ3n) is 14.3. The number of aliphatic hydroxyl groups excluding tert-OH is 2. The standard InChI is InChI=1S/C53H63N3O9/c1-3-30-63-53-49(55(50(59)27-24-36-14-4-5-15-36)35-39-19-12-18-37-16-6-7-22-43(37)39)34-47(54-62-2)45-31-38(17-8-10-28-57)44(23-9-11-29-58)51(52(45)53)46-33-42(25-26-48(46)65-53)64-41-21-13-20-40(32-41)56(60)61/h3,6-7,12-13,16,18-22,25-26,31-33,36,38,44,49,51-52,57-58H,1,4-5,8-11,14-15,17,23-24,27-30,34-35H2,2H3. The summed E-state index contributed by atoms with van der Waals surface area (Å²) in [4.78, 5) is 34.3. The summed E-state index contributed by atoms with van der Waals surface area (Å²) in [6, 6.07) is 25.7. The molecule has 12 heteroatoms. The first-order valence-electron chi connectivity index (χ1n) is 23.6. The number of aliphatic hydroxyl groups is 2. The molecule has 1 aliphatic heterocycles. The number of unbranched alkanes of at least 4 members (excludes halogenated alkanes) is 2. The van der Waals surface area contributed by atoms with Crippen LogP contribution in [0.3, 0.4) is 0 Å². The van der Waals surface area contributed by atoms with Crippen molar-refractivity contribution >= 4 is 28.1 Å². The van der Waals surface area contributed by atoms with Crippen molar-refractivity contribution in [2.45, 2.75) is 108 Å². The average molecular weight is 886 g/mol. The predicted octanol–water partition coefficient (Wildman–Crippen LogP) is 10.8. The van der Waals surface area contributed by atoms with Gasteiger partial charge in [0.15, 0.2) is 0 Å². The number of oxime groups is 1. The molecule has 4 aliphatic rings. The second-order valence-electron chi connectivity index (χ2n) is 18.2. The van der Waals surface area contributed by atoms with Crippen LogP contribution < -0.4 is 9.47 Å². The summed E-state index contributed by atoms with van der Waals surface area (Å²) in [5.41, 5.74) is 3.52. The molecule has 12 nitrogen and oxygen atoms in total. The minimum atomic E-state index is -1.41. The van der Waals surface area contributed by atoms with E-state index in [0.717, 1.165) is 78.1 Å². The number of carbonyl (C=O) groups excluding carboxylic acids is 1. The van der Waals surface area contributed by atoms with Crippen LogP contribution in [-0.4, -0.2) is 70.4 Å². The van der Waals surface area contributed by atoms with Gasteiger partial charge in [-0.25, -0.2) is 0 Å². The van der Waals surface area contributed by atoms with E-state index in [4.69, 9.17) is 24.2 Å². The number of ether oxygens (including phenoxy) is 3. The van der Waals surface area contributed by atoms with Crippen LogP contribution in [0.25, 0.3) is 10.8 Å². The van der Waals surface area contributed by atoms with Gasteiger partial charge >= 0.3 is 0 Å². The molecule has 6 atom stereocenters. The number of non-ortho nitro benzene ring substituents is 1. The van der Waals surface area contributed by atoms with Crippen LogP contribution in [-0.2, 0) is 20.9 Å². The van der Waals surface area contributed by atoms with Crippen molar-refractivity contribution < 1.29 is 39.0 Å². The number of carbonyl (C=O) groups is 1. The van der Waals surface area contributed by atoms with Gasteiger partial charge in [0.1, 0.15) is 30.4 Å². The van der Waals surface area contributed by atoms with E-state index in [2.05, 4.69) is 36.9 Å². The molecule has 0 spiro atoms. The summed E-state index contributed by atoms with van der Waals surface area (Å²) in [5.74, 6) is -0.111. The fraction of sp³-hybridized carbons (Fsp3) is 0.472. The van der Waals surface area contributed by atoms with Crippen molar-refractivity contribution in [3.05, 3.63) is 130 Å². The molecule has 65 heavy (non-hydrogen) atoms. The van der Waals surface area contributed by atoms with Gasteiger partial charge < -0.3 is 34.2 Å². The number of nitro groups is 1. The Balaban J connectivity index is 1.32. The number of amides is 1. The fourth-order valence-electron chi connectivity index (χ4n) is 11.4. The molecule has 0 aromatic heterocycles. The molecule has 344 valence electrons. The van der Waals surface area contributed by atoms with E-state index in [-0.39, 0.29) is 49.2 Å². The van der Waals surface area contributed by atoms with Crippen LogP contribution >= 0.6 is 0 Å². The van der Waals surface area contributed by atoms with Gasteiger partial charge in [-0.2, -0.15) is 0 Å². The fourth-order valence-corrected chi connectivity index (χ4v) is 11.4. The first kappa shape index (κ1) is 46.0. The highest BCUT2D eigenvalue weighted by atomic mass is 16.7. The van der Waals surface area contributed by atoms with Gasteiger partial charge in [-0.15, -0.1) is 6.58 Å². The molecule has 4 aromatic carbocycles. The lowest BCUT2D eigenvalue weighted by atomic mass is 9.55. The van der Waals surface area contributed by atoms with E-state index in [1.807, 2.05) is 41.3 Å². The summed E-state index contributed by atoms with van der Waals surface area (Å²) >= 11 is 0. The topological polar surface area (TPSA) is 153 Å². The molecule has 8 rings (SSSR count). The highest BCUT2D eigenvalue weighted by molar-refractivity contribution is 6.03. The highest BCUT2D eigenvalue weighted by Crippen LogP contribution is 2.62. The van der Waals surface area contributed by atoms with Crippen molar-refractivity contribution in [1.29, 1.82) is 0 Å². The largest absolute Gasteiger partial charge is 0.459 e. The van der Waals surface area contributed by atoms with Crippen molar-refractivity contribution in [2.75, 3.05) is 26.9 Å². The Morgan fingerprint density at radius 2 is 1.71 bits per heavy atom. The molecule has 1 heterocycles. The van der Waals surface area contributed by atoms with Crippen LogP contribution in [0, 0.1) is 33.8 Å². The first-order chi connectivity index (χ1) is 31.8. The van der Waals surface area contributed by atoms with E-state index >= 15 is 4.79 Å². The lowest BCUT2D eigenvalue weighted by Gasteiger charge is -2.60. The van der Waals surface area contributed by atoms with Crippen molar-refractivity contribution in [3.8, 4) is 17.2 Å². The van der Waals surface area contributed by atoms with Crippen LogP contribution in [0.4, 0.5) is 5.69 Å². The predicted molar refractivity (Wildman–Crippen MR) is 251 cm³/mol. The maximum Gasteiger partial charge on any atom is 0.273 e. The molecule has 2 fully saturated rings. The first-order valence-corrected chi connectivity index (χ1v) is 23.6. The Bertz CT molecular complexity index is 2370. The van der Waals surface area contributed by atoms with E-state index < -0.39 is 22.7 Å². The second kappa shape index (κ2) is 21.2. The number of nitro benzene ring substituents is 1. The summed E-state index contributed by atoms with van der Waals surface area (Å²) in [6.45, 7) is 4.73. The summed E-state index contributed by atoms with van der Waals surface area (Å²) in [6.07, 6.45) is 14.7. The quantitative estimate of drug-likeness (QED) is 0.0360. The van der Waals surface area contributed by atoms with Gasteiger partial charge in [-0.1, -0.05) is 104 Å². The second-order valence-corrected chi connectivity index (χ2v) is 18.2. The number of rotatable bonds is 21. The van der Waals surface area contributed by atoms with Crippen molar-refractivity contribution in [2.24, 2.45) is 28.8 Å². The molecule has 6 unspecified atom stereocenters. The number of nitrogens with zero attached hydrogens (tertiary/aromatic N) is 3. The SMILES string of the molecule is C=CCOC12Oc3ccc(Oc4cccc([N+](=O)[O-])c4)cc3C3C(CCCCO)C(CCCCO)C=C(C(=NOC)CC1N(Cc1cccc4ccccc14)C(=O)CCC1CCCC1)C32. The molecular weight excluding hydrogens is 823 g/mol. The van der Waals surface area contributed by atoms with E-state index in [0.29, 0.717) is 55.4 Å². The molecular formula is C53H63N3O9. The number of benzene rings is 4. The van der Waals surface area contributed by atoms with Gasteiger partial charge in [0.25, 0.3) is 5.69 Å². The zero-order valence-corrected chi connectivity index (χ0v) is 37.5. The van der Waals surface area contributed by atoms with Gasteiger partial charge in [0.2, 0.25) is 11.7 Å². The third kappa shape index (κ3) is 9.86. The average Bonchev–Trinajstić information content (AvgIpc) is 3.85. The lowest BCUT2D eigenvalue weighted by Crippen LogP contribution is -2.70. The Kier molecular flexibility index (Phi) is 15.0. The molecule has 2 saturated carbocycles. The normalized spacial score (nSPS) is 24.1.